The average molecular weight is 252 g/mol. The van der Waals surface area contributed by atoms with E-state index in [2.05, 4.69) is 29.0 Å². The number of hydrogen-bond acceptors (Lipinski definition) is 5. The van der Waals surface area contributed by atoms with Crippen molar-refractivity contribution < 1.29 is 4.74 Å². The Bertz CT molecular complexity index is 344. The Morgan fingerprint density at radius 2 is 1.72 bits per heavy atom. The van der Waals surface area contributed by atoms with Crippen molar-refractivity contribution in [1.82, 2.24) is 15.2 Å². The van der Waals surface area contributed by atoms with Gasteiger partial charge < -0.3 is 10.5 Å². The van der Waals surface area contributed by atoms with Crippen LogP contribution in [0.3, 0.4) is 0 Å². The van der Waals surface area contributed by atoms with Crippen molar-refractivity contribution in [2.75, 3.05) is 12.3 Å². The van der Waals surface area contributed by atoms with E-state index in [0.29, 0.717) is 12.5 Å². The second-order valence-corrected chi connectivity index (χ2v) is 4.43. The summed E-state index contributed by atoms with van der Waals surface area (Å²) in [4.78, 5) is 4.22. The Balaban J connectivity index is 2.52. The standard InChI is InChI=1S/C13H24N4O/c1-3-5-7-9-11-12(16-17-13(14)15-11)18-10-8-6-4-2/h3-10H2,1-2H3,(H2,14,15,17). The number of nitrogens with zero attached hydrogens (tertiary/aromatic N) is 3. The zero-order valence-corrected chi connectivity index (χ0v) is 11.5. The molecule has 0 aromatic carbocycles. The molecule has 1 heterocycles. The zero-order chi connectivity index (χ0) is 13.2. The van der Waals surface area contributed by atoms with Crippen LogP contribution in [0.15, 0.2) is 0 Å². The topological polar surface area (TPSA) is 73.9 Å². The van der Waals surface area contributed by atoms with Crippen molar-refractivity contribution in [2.45, 2.75) is 58.8 Å². The number of unbranched alkanes of at least 4 members (excludes halogenated alkanes) is 4. The number of anilines is 1. The molecule has 1 aromatic rings. The Labute approximate surface area is 109 Å². The molecule has 0 spiro atoms. The van der Waals surface area contributed by atoms with Crippen molar-refractivity contribution in [3.8, 4) is 5.88 Å². The number of nitrogens with two attached hydrogens (primary N) is 1. The van der Waals surface area contributed by atoms with Crippen LogP contribution >= 0.6 is 0 Å². The molecule has 0 unspecified atom stereocenters. The lowest BCUT2D eigenvalue weighted by atomic mass is 10.1. The van der Waals surface area contributed by atoms with E-state index in [4.69, 9.17) is 10.5 Å². The van der Waals surface area contributed by atoms with Gasteiger partial charge in [0.15, 0.2) is 0 Å². The van der Waals surface area contributed by atoms with Crippen LogP contribution in [0.2, 0.25) is 0 Å². The maximum absolute atomic E-state index is 5.63. The summed E-state index contributed by atoms with van der Waals surface area (Å²) >= 11 is 0. The molecule has 1 rings (SSSR count). The third kappa shape index (κ3) is 5.29. The van der Waals surface area contributed by atoms with Crippen molar-refractivity contribution in [3.05, 3.63) is 5.69 Å². The third-order valence-electron chi connectivity index (χ3n) is 2.74. The first-order valence-electron chi connectivity index (χ1n) is 6.89. The highest BCUT2D eigenvalue weighted by molar-refractivity contribution is 5.23. The normalized spacial score (nSPS) is 10.6. The molecular weight excluding hydrogens is 228 g/mol. The average Bonchev–Trinajstić information content (AvgIpc) is 2.37. The molecule has 2 N–H and O–H groups in total. The van der Waals surface area contributed by atoms with Gasteiger partial charge in [-0.15, -0.1) is 10.2 Å². The highest BCUT2D eigenvalue weighted by Gasteiger charge is 2.09. The molecule has 0 fully saturated rings. The summed E-state index contributed by atoms with van der Waals surface area (Å²) in [5.74, 6) is 0.777. The minimum atomic E-state index is 0.224. The summed E-state index contributed by atoms with van der Waals surface area (Å²) in [6.07, 6.45) is 7.69. The summed E-state index contributed by atoms with van der Waals surface area (Å²) in [6.45, 7) is 5.02. The van der Waals surface area contributed by atoms with E-state index in [9.17, 15) is 0 Å². The lowest BCUT2D eigenvalue weighted by Gasteiger charge is -2.08. The monoisotopic (exact) mass is 252 g/mol. The van der Waals surface area contributed by atoms with Gasteiger partial charge >= 0.3 is 0 Å². The minimum Gasteiger partial charge on any atom is -0.475 e. The quantitative estimate of drug-likeness (QED) is 0.684. The molecule has 0 atom stereocenters. The van der Waals surface area contributed by atoms with Crippen LogP contribution in [-0.2, 0) is 6.42 Å². The van der Waals surface area contributed by atoms with Gasteiger partial charge in [0.1, 0.15) is 5.69 Å². The maximum Gasteiger partial charge on any atom is 0.255 e. The first-order chi connectivity index (χ1) is 8.77. The van der Waals surface area contributed by atoms with Crippen LogP contribution in [0, 0.1) is 0 Å². The molecule has 5 nitrogen and oxygen atoms in total. The van der Waals surface area contributed by atoms with E-state index in [0.717, 1.165) is 25.0 Å². The van der Waals surface area contributed by atoms with E-state index in [1.807, 2.05) is 0 Å². The van der Waals surface area contributed by atoms with Gasteiger partial charge in [-0.3, -0.25) is 0 Å². The molecule has 1 aromatic heterocycles. The van der Waals surface area contributed by atoms with E-state index in [-0.39, 0.29) is 5.95 Å². The molecule has 102 valence electrons. The molecule has 0 saturated heterocycles. The first-order valence-corrected chi connectivity index (χ1v) is 6.89. The van der Waals surface area contributed by atoms with Gasteiger partial charge in [-0.05, 0) is 19.3 Å². The second-order valence-electron chi connectivity index (χ2n) is 4.43. The fourth-order valence-corrected chi connectivity index (χ4v) is 1.70. The summed E-state index contributed by atoms with van der Waals surface area (Å²) in [7, 11) is 0. The maximum atomic E-state index is 5.63. The van der Waals surface area contributed by atoms with E-state index < -0.39 is 0 Å². The molecule has 0 aliphatic heterocycles. The Hall–Kier alpha value is -1.39. The highest BCUT2D eigenvalue weighted by atomic mass is 16.5. The summed E-state index contributed by atoms with van der Waals surface area (Å²) in [6, 6.07) is 0. The van der Waals surface area contributed by atoms with Crippen LogP contribution in [0.5, 0.6) is 5.88 Å². The molecule has 5 heteroatoms. The lowest BCUT2D eigenvalue weighted by molar-refractivity contribution is 0.286. The van der Waals surface area contributed by atoms with Gasteiger partial charge in [0, 0.05) is 0 Å². The van der Waals surface area contributed by atoms with E-state index >= 15 is 0 Å². The fourth-order valence-electron chi connectivity index (χ4n) is 1.70. The summed E-state index contributed by atoms with van der Waals surface area (Å²) < 4.78 is 5.63. The van der Waals surface area contributed by atoms with Crippen LogP contribution in [-0.4, -0.2) is 21.8 Å². The predicted molar refractivity (Wildman–Crippen MR) is 72.5 cm³/mol. The first kappa shape index (κ1) is 14.7. The van der Waals surface area contributed by atoms with E-state index in [1.165, 1.54) is 25.7 Å². The minimum absolute atomic E-state index is 0.224. The van der Waals surface area contributed by atoms with Gasteiger partial charge in [-0.25, -0.2) is 4.98 Å². The highest BCUT2D eigenvalue weighted by Crippen LogP contribution is 2.16. The van der Waals surface area contributed by atoms with Gasteiger partial charge in [0.2, 0.25) is 5.95 Å². The third-order valence-corrected chi connectivity index (χ3v) is 2.74. The van der Waals surface area contributed by atoms with Gasteiger partial charge in [0.25, 0.3) is 5.88 Å². The fraction of sp³-hybridized carbons (Fsp3) is 0.769. The van der Waals surface area contributed by atoms with Crippen molar-refractivity contribution in [3.63, 3.8) is 0 Å². The SMILES string of the molecule is CCCCCOc1nnc(N)nc1CCCCC. The van der Waals surface area contributed by atoms with Crippen LogP contribution < -0.4 is 10.5 Å². The van der Waals surface area contributed by atoms with Crippen LogP contribution in [0.1, 0.15) is 58.1 Å². The summed E-state index contributed by atoms with van der Waals surface area (Å²) in [5, 5.41) is 7.75. The van der Waals surface area contributed by atoms with Gasteiger partial charge in [-0.1, -0.05) is 39.5 Å². The van der Waals surface area contributed by atoms with Crippen LogP contribution in [0.4, 0.5) is 5.95 Å². The second kappa shape index (κ2) is 8.66. The summed E-state index contributed by atoms with van der Waals surface area (Å²) in [5.41, 5.74) is 6.41. The number of rotatable bonds is 9. The Morgan fingerprint density at radius 3 is 2.44 bits per heavy atom. The molecule has 0 saturated carbocycles. The van der Waals surface area contributed by atoms with Crippen LogP contribution in [0.25, 0.3) is 0 Å². The van der Waals surface area contributed by atoms with Gasteiger partial charge in [-0.2, -0.15) is 0 Å². The molecule has 0 amide bonds. The number of aryl methyl sites for hydroxylation is 1. The lowest BCUT2D eigenvalue weighted by Crippen LogP contribution is -2.08. The van der Waals surface area contributed by atoms with Crippen molar-refractivity contribution >= 4 is 5.95 Å². The molecule has 0 radical (unpaired) electrons. The molecule has 18 heavy (non-hydrogen) atoms. The van der Waals surface area contributed by atoms with E-state index in [1.54, 1.807) is 0 Å². The molecular formula is C13H24N4O. The number of hydrogen-bond donors (Lipinski definition) is 1. The molecule has 0 bridgehead atoms. The predicted octanol–water partition coefficient (Wildman–Crippen LogP) is 2.76. The molecule has 0 aliphatic rings. The number of ether oxygens (including phenoxy) is 1. The van der Waals surface area contributed by atoms with Crippen molar-refractivity contribution in [1.29, 1.82) is 0 Å². The van der Waals surface area contributed by atoms with Gasteiger partial charge in [0.05, 0.1) is 6.61 Å². The molecule has 0 aliphatic carbocycles. The Morgan fingerprint density at radius 1 is 1.00 bits per heavy atom. The Kier molecular flexibility index (Phi) is 7.06. The largest absolute Gasteiger partial charge is 0.475 e. The zero-order valence-electron chi connectivity index (χ0n) is 11.5. The number of nitrogen functional groups attached to an aromatic ring is 1. The smallest absolute Gasteiger partial charge is 0.255 e. The number of aromatic nitrogens is 3. The van der Waals surface area contributed by atoms with Crippen molar-refractivity contribution in [2.24, 2.45) is 0 Å².